The molecule has 1 N–H and O–H groups in total. The van der Waals surface area contributed by atoms with E-state index in [9.17, 15) is 0 Å². The second-order valence-corrected chi connectivity index (χ2v) is 5.79. The van der Waals surface area contributed by atoms with Crippen LogP contribution in [0.1, 0.15) is 11.3 Å². The van der Waals surface area contributed by atoms with Crippen LogP contribution in [-0.4, -0.2) is 48.6 Å². The summed E-state index contributed by atoms with van der Waals surface area (Å²) in [4.78, 5) is 12.9. The number of hydrogen-bond acceptors (Lipinski definition) is 3. The van der Waals surface area contributed by atoms with Crippen molar-refractivity contribution in [3.8, 4) is 0 Å². The summed E-state index contributed by atoms with van der Waals surface area (Å²) in [6, 6.07) is 8.28. The molecule has 0 radical (unpaired) electrons. The van der Waals surface area contributed by atoms with Crippen LogP contribution in [0.4, 0.5) is 5.82 Å². The van der Waals surface area contributed by atoms with Gasteiger partial charge >= 0.3 is 0 Å². The van der Waals surface area contributed by atoms with Crippen molar-refractivity contribution in [2.45, 2.75) is 13.1 Å². The van der Waals surface area contributed by atoms with Crippen molar-refractivity contribution in [3.05, 3.63) is 47.9 Å². The zero-order valence-corrected chi connectivity index (χ0v) is 14.6. The number of aromatic nitrogens is 2. The largest absolute Gasteiger partial charge is 0.363 e. The number of nitrogens with zero attached hydrogens (tertiary/aromatic N) is 5. The highest BCUT2D eigenvalue weighted by Gasteiger charge is 2.08. The Morgan fingerprint density at radius 1 is 1.26 bits per heavy atom. The third kappa shape index (κ3) is 4.48. The second kappa shape index (κ2) is 7.67. The van der Waals surface area contributed by atoms with Crippen LogP contribution in [0.5, 0.6) is 0 Å². The van der Waals surface area contributed by atoms with Gasteiger partial charge in [-0.2, -0.15) is 0 Å². The minimum atomic E-state index is 0.699. The Morgan fingerprint density at radius 3 is 2.57 bits per heavy atom. The molecule has 6 heteroatoms. The molecule has 0 atom stereocenters. The molecule has 0 aliphatic carbocycles. The first-order valence-electron chi connectivity index (χ1n) is 7.65. The van der Waals surface area contributed by atoms with Crippen molar-refractivity contribution in [1.29, 1.82) is 0 Å². The average Bonchev–Trinajstić information content (AvgIpc) is 2.93. The molecule has 124 valence electrons. The first-order valence-corrected chi connectivity index (χ1v) is 7.65. The average molecular weight is 314 g/mol. The van der Waals surface area contributed by atoms with Gasteiger partial charge in [-0.1, -0.05) is 6.07 Å². The Balaban J connectivity index is 1.93. The molecule has 0 aromatic carbocycles. The van der Waals surface area contributed by atoms with Gasteiger partial charge in [-0.15, -0.1) is 0 Å². The Hall–Kier alpha value is -2.50. The van der Waals surface area contributed by atoms with Crippen LogP contribution in [0.15, 0.2) is 41.7 Å². The molecule has 0 fully saturated rings. The molecule has 0 bridgehead atoms. The fourth-order valence-electron chi connectivity index (χ4n) is 2.33. The molecule has 6 nitrogen and oxygen atoms in total. The number of aliphatic imine (C=N–C) groups is 1. The number of pyridine rings is 1. The predicted molar refractivity (Wildman–Crippen MR) is 95.6 cm³/mol. The molecule has 2 aromatic rings. The Labute approximate surface area is 138 Å². The molecule has 23 heavy (non-hydrogen) atoms. The van der Waals surface area contributed by atoms with Crippen LogP contribution < -0.4 is 10.2 Å². The van der Waals surface area contributed by atoms with Crippen molar-refractivity contribution < 1.29 is 0 Å². The lowest BCUT2D eigenvalue weighted by atomic mass is 10.3. The van der Waals surface area contributed by atoms with Crippen LogP contribution >= 0.6 is 0 Å². The number of guanidine groups is 1. The molecule has 2 heterocycles. The molecular formula is C17H26N6. The van der Waals surface area contributed by atoms with E-state index in [-0.39, 0.29) is 0 Å². The molecule has 0 saturated carbocycles. The fourth-order valence-corrected chi connectivity index (χ4v) is 2.33. The van der Waals surface area contributed by atoms with Crippen LogP contribution in [0.3, 0.4) is 0 Å². The molecule has 2 rings (SSSR count). The lowest BCUT2D eigenvalue weighted by Gasteiger charge is -2.22. The molecule has 0 aliphatic rings. The third-order valence-corrected chi connectivity index (χ3v) is 3.74. The van der Waals surface area contributed by atoms with E-state index in [2.05, 4.69) is 56.2 Å². The van der Waals surface area contributed by atoms with E-state index in [1.165, 1.54) is 5.69 Å². The number of rotatable bonds is 5. The quantitative estimate of drug-likeness (QED) is 0.674. The van der Waals surface area contributed by atoms with Gasteiger partial charge in [-0.25, -0.2) is 4.98 Å². The molecule has 0 spiro atoms. The lowest BCUT2D eigenvalue weighted by Crippen LogP contribution is -2.38. The Bertz CT molecular complexity index is 641. The summed E-state index contributed by atoms with van der Waals surface area (Å²) < 4.78 is 2.12. The van der Waals surface area contributed by atoms with Gasteiger partial charge in [0.25, 0.3) is 0 Å². The van der Waals surface area contributed by atoms with E-state index < -0.39 is 0 Å². The topological polar surface area (TPSA) is 48.7 Å². The fraction of sp³-hybridized carbons (Fsp3) is 0.412. The normalized spacial score (nSPS) is 11.4. The molecule has 2 aromatic heterocycles. The highest BCUT2D eigenvalue weighted by Crippen LogP contribution is 2.08. The van der Waals surface area contributed by atoms with Gasteiger partial charge in [-0.3, -0.25) is 4.99 Å². The predicted octanol–water partition coefficient (Wildman–Crippen LogP) is 1.69. The van der Waals surface area contributed by atoms with Crippen molar-refractivity contribution >= 4 is 11.8 Å². The van der Waals surface area contributed by atoms with Gasteiger partial charge in [0.1, 0.15) is 5.82 Å². The minimum Gasteiger partial charge on any atom is -0.363 e. The van der Waals surface area contributed by atoms with Gasteiger partial charge in [0.15, 0.2) is 5.96 Å². The van der Waals surface area contributed by atoms with E-state index >= 15 is 0 Å². The Morgan fingerprint density at radius 2 is 2.04 bits per heavy atom. The van der Waals surface area contributed by atoms with Gasteiger partial charge < -0.3 is 19.7 Å². The number of nitrogens with one attached hydrogen (secondary N) is 1. The number of anilines is 1. The summed E-state index contributed by atoms with van der Waals surface area (Å²) in [7, 11) is 9.87. The van der Waals surface area contributed by atoms with Gasteiger partial charge in [0, 0.05) is 59.9 Å². The summed E-state index contributed by atoms with van der Waals surface area (Å²) in [5.74, 6) is 1.82. The van der Waals surface area contributed by atoms with E-state index in [1.54, 1.807) is 7.05 Å². The summed E-state index contributed by atoms with van der Waals surface area (Å²) in [6.45, 7) is 1.51. The second-order valence-electron chi connectivity index (χ2n) is 5.79. The molecular weight excluding hydrogens is 288 g/mol. The maximum Gasteiger partial charge on any atom is 0.194 e. The van der Waals surface area contributed by atoms with E-state index in [1.807, 2.05) is 38.3 Å². The first-order chi connectivity index (χ1) is 11.0. The van der Waals surface area contributed by atoms with E-state index in [0.29, 0.717) is 6.54 Å². The van der Waals surface area contributed by atoms with Gasteiger partial charge in [0.2, 0.25) is 0 Å². The zero-order chi connectivity index (χ0) is 16.8. The maximum atomic E-state index is 4.43. The first kappa shape index (κ1) is 16.9. The molecule has 0 saturated heterocycles. The number of hydrogen-bond donors (Lipinski definition) is 1. The van der Waals surface area contributed by atoms with E-state index in [0.717, 1.165) is 23.9 Å². The van der Waals surface area contributed by atoms with Crippen LogP contribution in [0, 0.1) is 0 Å². The third-order valence-electron chi connectivity index (χ3n) is 3.74. The van der Waals surface area contributed by atoms with Crippen molar-refractivity contribution in [2.75, 3.05) is 33.1 Å². The van der Waals surface area contributed by atoms with Crippen LogP contribution in [0.2, 0.25) is 0 Å². The van der Waals surface area contributed by atoms with Crippen molar-refractivity contribution in [3.63, 3.8) is 0 Å². The highest BCUT2D eigenvalue weighted by atomic mass is 15.3. The summed E-state index contributed by atoms with van der Waals surface area (Å²) in [5.41, 5.74) is 2.37. The molecule has 0 amide bonds. The summed E-state index contributed by atoms with van der Waals surface area (Å²) in [5, 5.41) is 3.38. The van der Waals surface area contributed by atoms with Crippen molar-refractivity contribution in [1.82, 2.24) is 19.8 Å². The molecule has 0 aliphatic heterocycles. The smallest absolute Gasteiger partial charge is 0.194 e. The highest BCUT2D eigenvalue weighted by molar-refractivity contribution is 5.79. The lowest BCUT2D eigenvalue weighted by molar-refractivity contribution is 0.461. The molecule has 0 unspecified atom stereocenters. The Kier molecular flexibility index (Phi) is 5.62. The van der Waals surface area contributed by atoms with Crippen LogP contribution in [-0.2, 0) is 20.1 Å². The minimum absolute atomic E-state index is 0.699. The monoisotopic (exact) mass is 314 g/mol. The summed E-state index contributed by atoms with van der Waals surface area (Å²) in [6.07, 6.45) is 3.95. The standard InChI is InChI=1S/C17H26N6/c1-18-17(23(5)13-15-7-6-10-22(15)4)20-12-14-8-9-16(19-11-14)21(2)3/h6-11H,12-13H2,1-5H3,(H,18,20). The van der Waals surface area contributed by atoms with Gasteiger partial charge in [-0.05, 0) is 23.8 Å². The number of aryl methyl sites for hydroxylation is 1. The zero-order valence-electron chi connectivity index (χ0n) is 14.6. The maximum absolute atomic E-state index is 4.43. The van der Waals surface area contributed by atoms with Gasteiger partial charge in [0.05, 0.1) is 6.54 Å². The van der Waals surface area contributed by atoms with Crippen LogP contribution in [0.25, 0.3) is 0 Å². The van der Waals surface area contributed by atoms with E-state index in [4.69, 9.17) is 0 Å². The SMILES string of the molecule is CN=C(NCc1ccc(N(C)C)nc1)N(C)Cc1cccn1C. The van der Waals surface area contributed by atoms with Crippen molar-refractivity contribution in [2.24, 2.45) is 12.0 Å². The summed E-state index contributed by atoms with van der Waals surface area (Å²) >= 11 is 0.